The smallest absolute Gasteiger partial charge is 0.369 e. The Morgan fingerprint density at radius 2 is 2.06 bits per heavy atom. The molecule has 0 bridgehead atoms. The quantitative estimate of drug-likeness (QED) is 0.338. The number of nitrogens with zero attached hydrogens (tertiary/aromatic N) is 2. The molecule has 0 aromatic carbocycles. The summed E-state index contributed by atoms with van der Waals surface area (Å²) in [6, 6.07) is 1.43. The number of hydrogen-bond donors (Lipinski definition) is 3. The summed E-state index contributed by atoms with van der Waals surface area (Å²) in [6.07, 6.45) is -4.54. The minimum absolute atomic E-state index is 0. The lowest BCUT2D eigenvalue weighted by molar-refractivity contribution is -0.137. The summed E-state index contributed by atoms with van der Waals surface area (Å²) in [5.74, 6) is -0.713. The van der Waals surface area contributed by atoms with Crippen molar-refractivity contribution < 1.29 is 13.2 Å². The van der Waals surface area contributed by atoms with Gasteiger partial charge in [0.15, 0.2) is 5.82 Å². The van der Waals surface area contributed by atoms with E-state index < -0.39 is 17.7 Å². The molecular formula is C8H10Cl2F3N5. The van der Waals surface area contributed by atoms with Crippen molar-refractivity contribution in [2.24, 2.45) is 5.73 Å². The first kappa shape index (κ1) is 16.8. The van der Waals surface area contributed by atoms with Gasteiger partial charge in [-0.1, -0.05) is 11.6 Å². The number of hydrogen-bond acceptors (Lipinski definition) is 3. The van der Waals surface area contributed by atoms with Gasteiger partial charge in [0.2, 0.25) is 5.96 Å². The molecule has 0 saturated heterocycles. The van der Waals surface area contributed by atoms with Crippen LogP contribution in [0.15, 0.2) is 12.1 Å². The molecule has 0 aliphatic heterocycles. The molecule has 4 N–H and O–H groups in total. The Hall–Kier alpha value is -1.25. The molecule has 1 aromatic rings. The maximum atomic E-state index is 12.5. The fourth-order valence-electron chi connectivity index (χ4n) is 1.12. The summed E-state index contributed by atoms with van der Waals surface area (Å²) >= 11 is 5.48. The molecule has 1 heterocycles. The van der Waals surface area contributed by atoms with Crippen molar-refractivity contribution in [3.05, 3.63) is 22.8 Å². The third-order valence-electron chi connectivity index (χ3n) is 1.80. The Morgan fingerprint density at radius 1 is 1.50 bits per heavy atom. The average molecular weight is 304 g/mol. The van der Waals surface area contributed by atoms with E-state index >= 15 is 0 Å². The van der Waals surface area contributed by atoms with E-state index in [1.165, 1.54) is 7.05 Å². The number of aromatic nitrogens is 1. The van der Waals surface area contributed by atoms with Crippen LogP contribution < -0.4 is 16.2 Å². The number of hydrazine groups is 1. The predicted octanol–water partition coefficient (Wildman–Crippen LogP) is 2.01. The first-order chi connectivity index (χ1) is 7.75. The number of alkyl halides is 3. The van der Waals surface area contributed by atoms with E-state index in [2.05, 4.69) is 10.4 Å². The van der Waals surface area contributed by atoms with Gasteiger partial charge in [0.25, 0.3) is 0 Å². The Bertz CT molecular complexity index is 437. The second-order valence-electron chi connectivity index (χ2n) is 2.98. The van der Waals surface area contributed by atoms with Crippen LogP contribution in [-0.4, -0.2) is 18.0 Å². The SMILES string of the molecule is CNN(C(=N)N)c1cc(C(F)(F)F)cc(Cl)n1.Cl. The Kier molecular flexibility index (Phi) is 5.65. The van der Waals surface area contributed by atoms with Crippen LogP contribution in [0, 0.1) is 5.41 Å². The third-order valence-corrected chi connectivity index (χ3v) is 2.00. The average Bonchev–Trinajstić information content (AvgIpc) is 2.15. The molecule has 5 nitrogen and oxygen atoms in total. The Morgan fingerprint density at radius 3 is 2.44 bits per heavy atom. The lowest BCUT2D eigenvalue weighted by Crippen LogP contribution is -2.45. The number of nitrogens with two attached hydrogens (primary N) is 1. The molecule has 1 aromatic heterocycles. The lowest BCUT2D eigenvalue weighted by Gasteiger charge is -2.21. The van der Waals surface area contributed by atoms with Crippen LogP contribution >= 0.6 is 24.0 Å². The van der Waals surface area contributed by atoms with Gasteiger partial charge in [0.1, 0.15) is 5.15 Å². The highest BCUT2D eigenvalue weighted by atomic mass is 35.5. The fraction of sp³-hybridized carbons (Fsp3) is 0.250. The molecule has 10 heteroatoms. The number of nitrogens with one attached hydrogen (secondary N) is 2. The second kappa shape index (κ2) is 6.07. The highest BCUT2D eigenvalue weighted by molar-refractivity contribution is 6.29. The van der Waals surface area contributed by atoms with Gasteiger partial charge < -0.3 is 5.73 Å². The molecule has 1 rings (SSSR count). The molecule has 0 aliphatic rings. The van der Waals surface area contributed by atoms with E-state index in [0.29, 0.717) is 6.07 Å². The van der Waals surface area contributed by atoms with Crippen molar-refractivity contribution in [2.45, 2.75) is 6.18 Å². The van der Waals surface area contributed by atoms with E-state index in [4.69, 9.17) is 22.7 Å². The topological polar surface area (TPSA) is 78.0 Å². The van der Waals surface area contributed by atoms with Gasteiger partial charge >= 0.3 is 6.18 Å². The van der Waals surface area contributed by atoms with Gasteiger partial charge in [-0.05, 0) is 12.1 Å². The number of pyridine rings is 1. The normalized spacial score (nSPS) is 10.7. The largest absolute Gasteiger partial charge is 0.416 e. The van der Waals surface area contributed by atoms with Crippen LogP contribution in [-0.2, 0) is 6.18 Å². The van der Waals surface area contributed by atoms with Crippen molar-refractivity contribution in [1.29, 1.82) is 5.41 Å². The number of rotatable bonds is 2. The van der Waals surface area contributed by atoms with Gasteiger partial charge in [0.05, 0.1) is 5.56 Å². The molecular weight excluding hydrogens is 294 g/mol. The molecule has 0 fully saturated rings. The summed E-state index contributed by atoms with van der Waals surface area (Å²) in [6.45, 7) is 0. The molecule has 0 amide bonds. The lowest BCUT2D eigenvalue weighted by atomic mass is 10.2. The highest BCUT2D eigenvalue weighted by Gasteiger charge is 2.32. The molecule has 0 atom stereocenters. The van der Waals surface area contributed by atoms with Crippen molar-refractivity contribution in [2.75, 3.05) is 12.1 Å². The van der Waals surface area contributed by atoms with E-state index in [0.717, 1.165) is 11.1 Å². The van der Waals surface area contributed by atoms with Gasteiger partial charge in [-0.25, -0.2) is 15.4 Å². The zero-order valence-corrected chi connectivity index (χ0v) is 10.6. The van der Waals surface area contributed by atoms with Crippen molar-refractivity contribution >= 4 is 35.8 Å². The molecule has 0 saturated carbocycles. The number of guanidine groups is 1. The Balaban J connectivity index is 0.00000289. The number of anilines is 1. The zero-order valence-electron chi connectivity index (χ0n) is 9.05. The maximum absolute atomic E-state index is 12.5. The van der Waals surface area contributed by atoms with Crippen LogP contribution in [0.5, 0.6) is 0 Å². The highest BCUT2D eigenvalue weighted by Crippen LogP contribution is 2.32. The molecule has 0 spiro atoms. The van der Waals surface area contributed by atoms with E-state index in [9.17, 15) is 13.2 Å². The summed E-state index contributed by atoms with van der Waals surface area (Å²) in [4.78, 5) is 3.65. The molecule has 102 valence electrons. The van der Waals surface area contributed by atoms with Gasteiger partial charge in [-0.3, -0.25) is 5.41 Å². The third kappa shape index (κ3) is 3.90. The van der Waals surface area contributed by atoms with E-state index in [1.807, 2.05) is 0 Å². The van der Waals surface area contributed by atoms with E-state index in [1.54, 1.807) is 0 Å². The minimum atomic E-state index is -4.54. The van der Waals surface area contributed by atoms with Crippen LogP contribution in [0.25, 0.3) is 0 Å². The first-order valence-electron chi connectivity index (χ1n) is 4.32. The van der Waals surface area contributed by atoms with Crippen molar-refractivity contribution in [3.63, 3.8) is 0 Å². The minimum Gasteiger partial charge on any atom is -0.369 e. The Labute approximate surface area is 112 Å². The van der Waals surface area contributed by atoms with Gasteiger partial charge in [-0.2, -0.15) is 13.2 Å². The van der Waals surface area contributed by atoms with Crippen molar-refractivity contribution in [1.82, 2.24) is 10.4 Å². The molecule has 0 radical (unpaired) electrons. The summed E-state index contributed by atoms with van der Waals surface area (Å²) in [5, 5.41) is 7.69. The maximum Gasteiger partial charge on any atom is 0.416 e. The van der Waals surface area contributed by atoms with Crippen molar-refractivity contribution in [3.8, 4) is 0 Å². The molecule has 18 heavy (non-hydrogen) atoms. The van der Waals surface area contributed by atoms with Crippen LogP contribution in [0.1, 0.15) is 5.56 Å². The standard InChI is InChI=1S/C8H9ClF3N5.ClH/c1-15-17(7(13)14)6-3-4(8(10,11)12)2-5(9)16-6;/h2-3,15H,1H3,(H3,13,14);1H. The summed E-state index contributed by atoms with van der Waals surface area (Å²) in [5.41, 5.74) is 6.63. The zero-order chi connectivity index (χ0) is 13.2. The molecule has 0 aliphatic carbocycles. The summed E-state index contributed by atoms with van der Waals surface area (Å²) in [7, 11) is 1.39. The predicted molar refractivity (Wildman–Crippen MR) is 64.9 cm³/mol. The van der Waals surface area contributed by atoms with Gasteiger partial charge in [-0.15, -0.1) is 12.4 Å². The van der Waals surface area contributed by atoms with E-state index in [-0.39, 0.29) is 23.4 Å². The summed E-state index contributed by atoms with van der Waals surface area (Å²) < 4.78 is 37.5. The first-order valence-corrected chi connectivity index (χ1v) is 4.70. The van der Waals surface area contributed by atoms with Crippen LogP contribution in [0.3, 0.4) is 0 Å². The molecule has 0 unspecified atom stereocenters. The van der Waals surface area contributed by atoms with Crippen LogP contribution in [0.2, 0.25) is 5.15 Å². The number of halogens is 5. The monoisotopic (exact) mass is 303 g/mol. The fourth-order valence-corrected chi connectivity index (χ4v) is 1.32. The second-order valence-corrected chi connectivity index (χ2v) is 3.37. The van der Waals surface area contributed by atoms with Gasteiger partial charge in [0, 0.05) is 7.05 Å². The van der Waals surface area contributed by atoms with Crippen LogP contribution in [0.4, 0.5) is 19.0 Å².